The van der Waals surface area contributed by atoms with Gasteiger partial charge in [-0.25, -0.2) is 4.79 Å². The summed E-state index contributed by atoms with van der Waals surface area (Å²) >= 11 is 0. The van der Waals surface area contributed by atoms with Crippen molar-refractivity contribution in [3.8, 4) is 0 Å². The Morgan fingerprint density at radius 3 is 2.56 bits per heavy atom. The van der Waals surface area contributed by atoms with Crippen LogP contribution in [0, 0.1) is 5.92 Å². The lowest BCUT2D eigenvalue weighted by Gasteiger charge is -2.34. The molecule has 1 rings (SSSR count). The Balaban J connectivity index is 2.26. The van der Waals surface area contributed by atoms with Crippen LogP contribution >= 0.6 is 0 Å². The molecular formula is C13H26N2O3. The molecule has 0 bridgehead atoms. The van der Waals surface area contributed by atoms with Crippen molar-refractivity contribution >= 4 is 6.09 Å². The predicted molar refractivity (Wildman–Crippen MR) is 70.5 cm³/mol. The molecule has 106 valence electrons. The van der Waals surface area contributed by atoms with Crippen LogP contribution in [0.1, 0.15) is 26.7 Å². The van der Waals surface area contributed by atoms with E-state index in [9.17, 15) is 4.79 Å². The van der Waals surface area contributed by atoms with Crippen LogP contribution in [-0.2, 0) is 4.74 Å². The molecule has 1 heterocycles. The van der Waals surface area contributed by atoms with E-state index in [0.29, 0.717) is 12.0 Å². The first-order chi connectivity index (χ1) is 8.54. The summed E-state index contributed by atoms with van der Waals surface area (Å²) < 4.78 is 4.91. The Hall–Kier alpha value is -0.810. The molecule has 5 nitrogen and oxygen atoms in total. The zero-order chi connectivity index (χ0) is 13.5. The number of hydrogen-bond acceptors (Lipinski definition) is 4. The van der Waals surface area contributed by atoms with E-state index in [1.54, 1.807) is 4.90 Å². The lowest BCUT2D eigenvalue weighted by molar-refractivity contribution is 0.0689. The summed E-state index contributed by atoms with van der Waals surface area (Å²) in [6.45, 7) is 7.00. The van der Waals surface area contributed by atoms with E-state index in [2.05, 4.69) is 25.8 Å². The average molecular weight is 258 g/mol. The van der Waals surface area contributed by atoms with E-state index >= 15 is 0 Å². The summed E-state index contributed by atoms with van der Waals surface area (Å²) in [7, 11) is 2.15. The molecule has 5 heteroatoms. The molecule has 0 aromatic carbocycles. The second-order valence-corrected chi connectivity index (χ2v) is 5.30. The van der Waals surface area contributed by atoms with Crippen molar-refractivity contribution in [3.05, 3.63) is 0 Å². The van der Waals surface area contributed by atoms with Gasteiger partial charge in [0.1, 0.15) is 6.61 Å². The Labute approximate surface area is 110 Å². The molecule has 18 heavy (non-hydrogen) atoms. The van der Waals surface area contributed by atoms with Crippen LogP contribution in [0.5, 0.6) is 0 Å². The zero-order valence-corrected chi connectivity index (χ0v) is 11.8. The maximum Gasteiger partial charge on any atom is 0.409 e. The summed E-state index contributed by atoms with van der Waals surface area (Å²) in [6.07, 6.45) is 1.77. The third kappa shape index (κ3) is 4.82. The number of likely N-dealkylation sites (tertiary alicyclic amines) is 1. The Morgan fingerprint density at radius 1 is 1.44 bits per heavy atom. The van der Waals surface area contributed by atoms with E-state index in [1.807, 2.05) is 0 Å². The van der Waals surface area contributed by atoms with Crippen LogP contribution in [0.25, 0.3) is 0 Å². The van der Waals surface area contributed by atoms with Crippen LogP contribution in [0.4, 0.5) is 4.79 Å². The van der Waals surface area contributed by atoms with Gasteiger partial charge >= 0.3 is 6.09 Å². The topological polar surface area (TPSA) is 53.0 Å². The number of rotatable bonds is 5. The fourth-order valence-corrected chi connectivity index (χ4v) is 2.14. The van der Waals surface area contributed by atoms with Crippen molar-refractivity contribution in [2.24, 2.45) is 5.92 Å². The van der Waals surface area contributed by atoms with Crippen molar-refractivity contribution in [2.75, 3.05) is 39.9 Å². The monoisotopic (exact) mass is 258 g/mol. The normalized spacial score (nSPS) is 17.6. The smallest absolute Gasteiger partial charge is 0.409 e. The summed E-state index contributed by atoms with van der Waals surface area (Å²) in [5.74, 6) is 0.666. The molecule has 1 saturated heterocycles. The van der Waals surface area contributed by atoms with E-state index in [1.165, 1.54) is 0 Å². The van der Waals surface area contributed by atoms with E-state index < -0.39 is 0 Å². The number of aliphatic hydroxyl groups excluding tert-OH is 1. The average Bonchev–Trinajstić information content (AvgIpc) is 2.36. The molecule has 0 radical (unpaired) electrons. The highest BCUT2D eigenvalue weighted by molar-refractivity contribution is 5.67. The molecule has 0 aromatic rings. The van der Waals surface area contributed by atoms with Gasteiger partial charge in [-0.3, -0.25) is 0 Å². The van der Waals surface area contributed by atoms with E-state index in [0.717, 1.165) is 32.5 Å². The largest absolute Gasteiger partial charge is 0.447 e. The van der Waals surface area contributed by atoms with Gasteiger partial charge in [0.25, 0.3) is 0 Å². The lowest BCUT2D eigenvalue weighted by Crippen LogP contribution is -2.42. The van der Waals surface area contributed by atoms with Gasteiger partial charge in [-0.1, -0.05) is 0 Å². The summed E-state index contributed by atoms with van der Waals surface area (Å²) in [4.78, 5) is 15.7. The number of aliphatic hydroxyl groups is 1. The van der Waals surface area contributed by atoms with Crippen molar-refractivity contribution in [3.63, 3.8) is 0 Å². The van der Waals surface area contributed by atoms with Gasteiger partial charge in [0.05, 0.1) is 6.61 Å². The van der Waals surface area contributed by atoms with Gasteiger partial charge in [0.15, 0.2) is 0 Å². The molecule has 1 amide bonds. The molecule has 1 fully saturated rings. The molecule has 1 aliphatic rings. The first-order valence-electron chi connectivity index (χ1n) is 6.77. The number of amides is 1. The predicted octanol–water partition coefficient (Wildman–Crippen LogP) is 1.17. The molecule has 0 atom stereocenters. The fraction of sp³-hybridized carbons (Fsp3) is 0.923. The van der Waals surface area contributed by atoms with Crippen LogP contribution in [0.15, 0.2) is 0 Å². The molecule has 0 aromatic heterocycles. The van der Waals surface area contributed by atoms with Crippen molar-refractivity contribution < 1.29 is 14.6 Å². The number of carbonyl (C=O) groups is 1. The number of ether oxygens (including phenoxy) is 1. The number of piperidine rings is 1. The third-order valence-corrected chi connectivity index (χ3v) is 3.62. The van der Waals surface area contributed by atoms with Crippen molar-refractivity contribution in [1.82, 2.24) is 9.80 Å². The highest BCUT2D eigenvalue weighted by atomic mass is 16.6. The number of carbonyl (C=O) groups excluding carboxylic acids is 1. The van der Waals surface area contributed by atoms with Gasteiger partial charge in [-0.05, 0) is 39.7 Å². The third-order valence-electron chi connectivity index (χ3n) is 3.62. The maximum atomic E-state index is 11.6. The standard InChI is InChI=1S/C13H26N2O3/c1-11(2)14(3)10-12-4-6-15(7-5-12)13(17)18-9-8-16/h11-12,16H,4-10H2,1-3H3. The highest BCUT2D eigenvalue weighted by Crippen LogP contribution is 2.19. The summed E-state index contributed by atoms with van der Waals surface area (Å²) in [6, 6.07) is 0.567. The minimum Gasteiger partial charge on any atom is -0.447 e. The molecule has 0 spiro atoms. The SMILES string of the molecule is CC(C)N(C)CC1CCN(C(=O)OCCO)CC1. The first-order valence-corrected chi connectivity index (χ1v) is 6.77. The van der Waals surface area contributed by atoms with E-state index in [4.69, 9.17) is 9.84 Å². The van der Waals surface area contributed by atoms with Gasteiger partial charge < -0.3 is 19.6 Å². The number of hydrogen-bond donors (Lipinski definition) is 1. The molecule has 0 unspecified atom stereocenters. The van der Waals surface area contributed by atoms with E-state index in [-0.39, 0.29) is 19.3 Å². The van der Waals surface area contributed by atoms with Crippen molar-refractivity contribution in [2.45, 2.75) is 32.7 Å². The van der Waals surface area contributed by atoms with Crippen LogP contribution in [0.3, 0.4) is 0 Å². The van der Waals surface area contributed by atoms with Gasteiger partial charge in [-0.15, -0.1) is 0 Å². The van der Waals surface area contributed by atoms with Gasteiger partial charge in [0.2, 0.25) is 0 Å². The second-order valence-electron chi connectivity index (χ2n) is 5.30. The number of nitrogens with zero attached hydrogens (tertiary/aromatic N) is 2. The Bertz CT molecular complexity index is 251. The first kappa shape index (κ1) is 15.2. The minimum atomic E-state index is -0.292. The van der Waals surface area contributed by atoms with Gasteiger partial charge in [-0.2, -0.15) is 0 Å². The zero-order valence-electron chi connectivity index (χ0n) is 11.8. The molecular weight excluding hydrogens is 232 g/mol. The Morgan fingerprint density at radius 2 is 2.06 bits per heavy atom. The van der Waals surface area contributed by atoms with Crippen LogP contribution < -0.4 is 0 Å². The fourth-order valence-electron chi connectivity index (χ4n) is 2.14. The lowest BCUT2D eigenvalue weighted by atomic mass is 9.96. The second kappa shape index (κ2) is 7.59. The highest BCUT2D eigenvalue weighted by Gasteiger charge is 2.24. The maximum absolute atomic E-state index is 11.6. The molecule has 0 saturated carbocycles. The quantitative estimate of drug-likeness (QED) is 0.804. The van der Waals surface area contributed by atoms with Crippen LogP contribution in [-0.4, -0.2) is 66.9 Å². The molecule has 1 N–H and O–H groups in total. The molecule has 1 aliphatic heterocycles. The minimum absolute atomic E-state index is 0.0921. The van der Waals surface area contributed by atoms with Crippen LogP contribution in [0.2, 0.25) is 0 Å². The molecule has 0 aliphatic carbocycles. The Kier molecular flexibility index (Phi) is 6.43. The van der Waals surface area contributed by atoms with Gasteiger partial charge in [0, 0.05) is 25.7 Å². The summed E-state index contributed by atoms with van der Waals surface area (Å²) in [5.41, 5.74) is 0. The van der Waals surface area contributed by atoms with Crippen molar-refractivity contribution in [1.29, 1.82) is 0 Å². The summed E-state index contributed by atoms with van der Waals surface area (Å²) in [5, 5.41) is 8.61.